The van der Waals surface area contributed by atoms with E-state index in [4.69, 9.17) is 17.2 Å². The van der Waals surface area contributed by atoms with Crippen LogP contribution < -0.4 is 49.1 Å². The van der Waals surface area contributed by atoms with Gasteiger partial charge in [0.1, 0.15) is 36.3 Å². The highest BCUT2D eigenvalue weighted by Gasteiger charge is 2.33. The SMILES string of the molecule is CCCC[C@H](NC(C)=O)C(=O)NC(C)C(=O)N[C@@H](Cc1cnc[nH]1)C(=O)N[C@H](Cc1ccccc1)C(=O)N[C@@H](CCCN=C(N)N)C(=O)N[C@H](Cc1c[nH]c2ccccc12)C(N)=O. The van der Waals surface area contributed by atoms with Crippen molar-refractivity contribution in [3.05, 3.63) is 90.1 Å². The normalized spacial score (nSPS) is 13.8. The van der Waals surface area contributed by atoms with Crippen LogP contribution in [-0.4, -0.2) is 105 Å². The molecule has 0 saturated carbocycles. The van der Waals surface area contributed by atoms with Crippen LogP contribution in [0.25, 0.3) is 10.9 Å². The van der Waals surface area contributed by atoms with Gasteiger partial charge in [0.25, 0.3) is 0 Å². The van der Waals surface area contributed by atoms with Gasteiger partial charge in [0.2, 0.25) is 41.4 Å². The number of para-hydroxylation sites is 1. The van der Waals surface area contributed by atoms with Gasteiger partial charge < -0.3 is 59.1 Å². The fourth-order valence-corrected chi connectivity index (χ4v) is 6.82. The van der Waals surface area contributed by atoms with Gasteiger partial charge in [-0.3, -0.25) is 38.6 Å². The molecular formula is C43H59N13O7. The molecule has 338 valence electrons. The van der Waals surface area contributed by atoms with Crippen molar-refractivity contribution in [3.63, 3.8) is 0 Å². The molecule has 2 aromatic carbocycles. The van der Waals surface area contributed by atoms with Crippen molar-refractivity contribution < 1.29 is 33.6 Å². The van der Waals surface area contributed by atoms with Crippen molar-refractivity contribution in [2.45, 2.75) is 108 Å². The number of nitrogens with two attached hydrogens (primary N) is 3. The first-order chi connectivity index (χ1) is 30.1. The van der Waals surface area contributed by atoms with Crippen molar-refractivity contribution in [1.82, 2.24) is 46.9 Å². The third kappa shape index (κ3) is 15.6. The molecule has 4 rings (SSSR count). The van der Waals surface area contributed by atoms with Gasteiger partial charge in [0.05, 0.1) is 6.33 Å². The van der Waals surface area contributed by atoms with Crippen molar-refractivity contribution >= 4 is 58.2 Å². The van der Waals surface area contributed by atoms with Crippen molar-refractivity contribution in [1.29, 1.82) is 0 Å². The van der Waals surface area contributed by atoms with E-state index in [1.165, 1.54) is 26.4 Å². The first-order valence-corrected chi connectivity index (χ1v) is 20.8. The minimum Gasteiger partial charge on any atom is -0.370 e. The predicted octanol–water partition coefficient (Wildman–Crippen LogP) is -0.403. The number of hydrogen-bond donors (Lipinski definition) is 11. The first-order valence-electron chi connectivity index (χ1n) is 20.8. The number of aromatic amines is 2. The Bertz CT molecular complexity index is 2190. The number of nitrogens with zero attached hydrogens (tertiary/aromatic N) is 2. The van der Waals surface area contributed by atoms with Gasteiger partial charge in [0, 0.05) is 61.7 Å². The summed E-state index contributed by atoms with van der Waals surface area (Å²) in [5.74, 6) is -4.84. The van der Waals surface area contributed by atoms with Crippen LogP contribution in [0.3, 0.4) is 0 Å². The molecule has 1 unspecified atom stereocenters. The average molecular weight is 870 g/mol. The van der Waals surface area contributed by atoms with E-state index in [-0.39, 0.29) is 44.6 Å². The van der Waals surface area contributed by atoms with Crippen LogP contribution >= 0.6 is 0 Å². The lowest BCUT2D eigenvalue weighted by atomic mass is 10.0. The molecule has 14 N–H and O–H groups in total. The Balaban J connectivity index is 1.56. The Kier molecular flexibility index (Phi) is 18.6. The molecule has 4 aromatic rings. The third-order valence-electron chi connectivity index (χ3n) is 10.2. The van der Waals surface area contributed by atoms with Gasteiger partial charge in [0.15, 0.2) is 5.96 Å². The van der Waals surface area contributed by atoms with Gasteiger partial charge in [-0.25, -0.2) is 4.98 Å². The molecule has 6 atom stereocenters. The molecule has 20 nitrogen and oxygen atoms in total. The fraction of sp³-hybridized carbons (Fsp3) is 0.419. The molecule has 0 radical (unpaired) electrons. The summed E-state index contributed by atoms with van der Waals surface area (Å²) in [5.41, 5.74) is 19.5. The number of amides is 7. The minimum atomic E-state index is -1.29. The number of guanidine groups is 1. The highest BCUT2D eigenvalue weighted by Crippen LogP contribution is 2.19. The Morgan fingerprint density at radius 3 is 1.90 bits per heavy atom. The van der Waals surface area contributed by atoms with E-state index in [0.29, 0.717) is 24.1 Å². The summed E-state index contributed by atoms with van der Waals surface area (Å²) >= 11 is 0. The fourth-order valence-electron chi connectivity index (χ4n) is 6.82. The van der Waals surface area contributed by atoms with E-state index >= 15 is 0 Å². The quantitative estimate of drug-likeness (QED) is 0.0233. The zero-order valence-corrected chi connectivity index (χ0v) is 35.7. The zero-order chi connectivity index (χ0) is 45.9. The van der Waals surface area contributed by atoms with Gasteiger partial charge >= 0.3 is 0 Å². The Morgan fingerprint density at radius 2 is 1.25 bits per heavy atom. The standard InChI is InChI=1S/C43H59N13O7/c1-4-5-15-32(52-26(3)57)39(60)51-25(2)38(59)55-36(21-29-23-47-24-50-29)42(63)56-35(19-27-12-7-6-8-13-27)41(62)53-33(17-11-18-48-43(45)46)40(61)54-34(37(44)58)20-28-22-49-31-16-10-9-14-30(28)31/h6-10,12-14,16,22-25,32-36,49H,4-5,11,15,17-21H2,1-3H3,(H2,44,58)(H,47,50)(H,51,60)(H,52,57)(H,53,62)(H,54,61)(H,55,59)(H,56,63)(H4,45,46,48)/t25?,32-,33-,34+,35+,36-/m0/s1. The van der Waals surface area contributed by atoms with Gasteiger partial charge in [-0.15, -0.1) is 0 Å². The number of benzene rings is 2. The second-order valence-corrected chi connectivity index (χ2v) is 15.3. The van der Waals surface area contributed by atoms with Crippen LogP contribution in [0.15, 0.2) is 78.3 Å². The molecule has 63 heavy (non-hydrogen) atoms. The number of carbonyl (C=O) groups excluding carboxylic acids is 7. The lowest BCUT2D eigenvalue weighted by Gasteiger charge is -2.27. The topological polar surface area (TPSA) is 327 Å². The lowest BCUT2D eigenvalue weighted by Crippen LogP contribution is -2.60. The highest BCUT2D eigenvalue weighted by atomic mass is 16.2. The number of aromatic nitrogens is 3. The maximum atomic E-state index is 14.3. The van der Waals surface area contributed by atoms with Crippen molar-refractivity contribution in [2.24, 2.45) is 22.2 Å². The molecule has 0 aliphatic heterocycles. The van der Waals surface area contributed by atoms with Crippen LogP contribution in [0.5, 0.6) is 0 Å². The number of nitrogens with one attached hydrogen (secondary N) is 8. The number of hydrogen-bond acceptors (Lipinski definition) is 9. The molecule has 0 fully saturated rings. The summed E-state index contributed by atoms with van der Waals surface area (Å²) in [6.45, 7) is 4.81. The zero-order valence-electron chi connectivity index (χ0n) is 35.7. The molecular weight excluding hydrogens is 811 g/mol. The monoisotopic (exact) mass is 869 g/mol. The number of fused-ring (bicyclic) bond motifs is 1. The molecule has 0 bridgehead atoms. The van der Waals surface area contributed by atoms with Crippen LogP contribution in [0.2, 0.25) is 0 Å². The molecule has 0 saturated heterocycles. The maximum Gasteiger partial charge on any atom is 0.243 e. The van der Waals surface area contributed by atoms with E-state index in [1.807, 2.05) is 31.2 Å². The molecule has 0 aliphatic rings. The smallest absolute Gasteiger partial charge is 0.243 e. The minimum absolute atomic E-state index is 0.0231. The van der Waals surface area contributed by atoms with Gasteiger partial charge in [-0.05, 0) is 43.4 Å². The lowest BCUT2D eigenvalue weighted by molar-refractivity contribution is -0.135. The summed E-state index contributed by atoms with van der Waals surface area (Å²) in [6.07, 6.45) is 6.64. The second-order valence-electron chi connectivity index (χ2n) is 15.3. The molecule has 7 amide bonds. The number of imidazole rings is 1. The molecule has 0 spiro atoms. The largest absolute Gasteiger partial charge is 0.370 e. The summed E-state index contributed by atoms with van der Waals surface area (Å²) < 4.78 is 0. The predicted molar refractivity (Wildman–Crippen MR) is 236 cm³/mol. The summed E-state index contributed by atoms with van der Waals surface area (Å²) in [6, 6.07) is 9.33. The summed E-state index contributed by atoms with van der Waals surface area (Å²) in [5, 5.41) is 17.0. The van der Waals surface area contributed by atoms with E-state index in [9.17, 15) is 33.6 Å². The Labute approximate surface area is 365 Å². The second kappa shape index (κ2) is 24.3. The van der Waals surface area contributed by atoms with Crippen LogP contribution in [0, 0.1) is 0 Å². The molecule has 0 aliphatic carbocycles. The van der Waals surface area contributed by atoms with E-state index in [2.05, 4.69) is 51.8 Å². The van der Waals surface area contributed by atoms with Gasteiger partial charge in [-0.2, -0.15) is 0 Å². The van der Waals surface area contributed by atoms with E-state index < -0.39 is 77.6 Å². The number of primary amides is 1. The number of aliphatic imine (C=N–C) groups is 1. The third-order valence-corrected chi connectivity index (χ3v) is 10.2. The average Bonchev–Trinajstić information content (AvgIpc) is 3.92. The van der Waals surface area contributed by atoms with E-state index in [1.54, 1.807) is 36.5 Å². The van der Waals surface area contributed by atoms with Crippen LogP contribution in [0.1, 0.15) is 69.7 Å². The van der Waals surface area contributed by atoms with E-state index in [0.717, 1.165) is 22.9 Å². The molecule has 20 heteroatoms. The van der Waals surface area contributed by atoms with Crippen molar-refractivity contribution in [2.75, 3.05) is 6.54 Å². The van der Waals surface area contributed by atoms with Crippen LogP contribution in [0.4, 0.5) is 0 Å². The van der Waals surface area contributed by atoms with Gasteiger partial charge in [-0.1, -0.05) is 68.3 Å². The Morgan fingerprint density at radius 1 is 0.667 bits per heavy atom. The maximum absolute atomic E-state index is 14.3. The summed E-state index contributed by atoms with van der Waals surface area (Å²) in [4.78, 5) is 108. The highest BCUT2D eigenvalue weighted by molar-refractivity contribution is 5.97. The molecule has 2 heterocycles. The first kappa shape index (κ1) is 48.4. The molecule has 2 aromatic heterocycles. The number of unbranched alkanes of at least 4 members (excludes halogenated alkanes) is 1. The Hall–Kier alpha value is -7.25. The van der Waals surface area contributed by atoms with Crippen molar-refractivity contribution in [3.8, 4) is 0 Å². The number of H-pyrrole nitrogens is 2. The summed E-state index contributed by atoms with van der Waals surface area (Å²) in [7, 11) is 0. The number of rotatable bonds is 25. The number of carbonyl (C=O) groups is 7. The van der Waals surface area contributed by atoms with Crippen LogP contribution in [-0.2, 0) is 52.8 Å².